The van der Waals surface area contributed by atoms with Crippen LogP contribution in [0.5, 0.6) is 11.5 Å². The van der Waals surface area contributed by atoms with Gasteiger partial charge in [-0.1, -0.05) is 12.1 Å². The number of fused-ring (bicyclic) bond motifs is 2. The molecule has 0 bridgehead atoms. The van der Waals surface area contributed by atoms with E-state index in [2.05, 4.69) is 4.98 Å². The number of benzene rings is 2. The highest BCUT2D eigenvalue weighted by Gasteiger charge is 2.24. The molecule has 0 saturated carbocycles. The average molecular weight is 391 g/mol. The van der Waals surface area contributed by atoms with Crippen LogP contribution in [0.2, 0.25) is 0 Å². The zero-order valence-electron chi connectivity index (χ0n) is 16.0. The van der Waals surface area contributed by atoms with Crippen molar-refractivity contribution in [3.8, 4) is 22.6 Å². The second-order valence-electron chi connectivity index (χ2n) is 6.44. The number of para-hydroxylation sites is 1. The maximum absolute atomic E-state index is 12.8. The summed E-state index contributed by atoms with van der Waals surface area (Å²) in [6, 6.07) is 9.92. The Morgan fingerprint density at radius 2 is 1.72 bits per heavy atom. The van der Waals surface area contributed by atoms with Crippen molar-refractivity contribution in [2.75, 3.05) is 14.2 Å². The molecule has 0 spiro atoms. The number of nitrogens with zero attached hydrogens (tertiary/aromatic N) is 3. The maximum Gasteiger partial charge on any atom is 0.277 e. The molecule has 8 nitrogen and oxygen atoms in total. The number of hydrogen-bond acceptors (Lipinski definition) is 6. The van der Waals surface area contributed by atoms with Crippen LogP contribution in [0.4, 0.5) is 5.69 Å². The molecule has 0 atom stereocenters. The van der Waals surface area contributed by atoms with Crippen molar-refractivity contribution >= 4 is 27.4 Å². The summed E-state index contributed by atoms with van der Waals surface area (Å²) in [6.07, 6.45) is 3.18. The van der Waals surface area contributed by atoms with E-state index in [0.717, 1.165) is 0 Å². The third-order valence-electron chi connectivity index (χ3n) is 4.93. The van der Waals surface area contributed by atoms with Crippen LogP contribution in [0.3, 0.4) is 0 Å². The van der Waals surface area contributed by atoms with Gasteiger partial charge in [0.05, 0.1) is 35.5 Å². The zero-order valence-corrected chi connectivity index (χ0v) is 16.0. The minimum Gasteiger partial charge on any atom is -0.495 e. The number of pyridine rings is 2. The monoisotopic (exact) mass is 391 g/mol. The third-order valence-corrected chi connectivity index (χ3v) is 4.93. The van der Waals surface area contributed by atoms with Crippen molar-refractivity contribution in [2.24, 2.45) is 7.05 Å². The van der Waals surface area contributed by atoms with Crippen LogP contribution >= 0.6 is 0 Å². The Balaban J connectivity index is 2.27. The van der Waals surface area contributed by atoms with E-state index < -0.39 is 4.92 Å². The molecule has 0 radical (unpaired) electrons. The Kier molecular flexibility index (Phi) is 4.38. The first-order valence-electron chi connectivity index (χ1n) is 8.75. The van der Waals surface area contributed by atoms with Gasteiger partial charge in [0.25, 0.3) is 11.2 Å². The molecule has 4 aromatic rings. The predicted molar refractivity (Wildman–Crippen MR) is 110 cm³/mol. The van der Waals surface area contributed by atoms with Crippen molar-refractivity contribution in [3.05, 3.63) is 69.3 Å². The molecule has 0 aliphatic rings. The van der Waals surface area contributed by atoms with Gasteiger partial charge in [-0.15, -0.1) is 0 Å². The van der Waals surface area contributed by atoms with Gasteiger partial charge in [0, 0.05) is 36.5 Å². The van der Waals surface area contributed by atoms with Crippen LogP contribution < -0.4 is 15.0 Å². The van der Waals surface area contributed by atoms with Crippen molar-refractivity contribution in [3.63, 3.8) is 0 Å². The fourth-order valence-corrected chi connectivity index (χ4v) is 3.65. The first-order chi connectivity index (χ1) is 14.0. The summed E-state index contributed by atoms with van der Waals surface area (Å²) in [7, 11) is 4.61. The van der Waals surface area contributed by atoms with Gasteiger partial charge in [-0.2, -0.15) is 0 Å². The molecule has 146 valence electrons. The molecular weight excluding hydrogens is 374 g/mol. The van der Waals surface area contributed by atoms with Gasteiger partial charge in [-0.3, -0.25) is 19.9 Å². The Labute approximate surface area is 165 Å². The SMILES string of the molecule is COc1c2ccn(C)c(=O)c2c(OC)c2nccc(-c3ccccc3[N+](=O)[O-])c12. The quantitative estimate of drug-likeness (QED) is 0.299. The number of nitro groups is 1. The highest BCUT2D eigenvalue weighted by atomic mass is 16.6. The summed E-state index contributed by atoms with van der Waals surface area (Å²) < 4.78 is 12.7. The number of methoxy groups -OCH3 is 2. The van der Waals surface area contributed by atoms with Crippen LogP contribution in [0.25, 0.3) is 32.8 Å². The van der Waals surface area contributed by atoms with Gasteiger partial charge in [-0.25, -0.2) is 0 Å². The molecule has 29 heavy (non-hydrogen) atoms. The Morgan fingerprint density at radius 1 is 1.00 bits per heavy atom. The normalized spacial score (nSPS) is 11.0. The van der Waals surface area contributed by atoms with Crippen molar-refractivity contribution < 1.29 is 14.4 Å². The first kappa shape index (κ1) is 18.4. The van der Waals surface area contributed by atoms with E-state index in [1.54, 1.807) is 43.6 Å². The van der Waals surface area contributed by atoms with Crippen LogP contribution in [0, 0.1) is 10.1 Å². The third kappa shape index (κ3) is 2.68. The lowest BCUT2D eigenvalue weighted by Gasteiger charge is -2.17. The number of rotatable bonds is 4. The zero-order chi connectivity index (χ0) is 20.7. The Morgan fingerprint density at radius 3 is 2.41 bits per heavy atom. The topological polar surface area (TPSA) is 96.5 Å². The van der Waals surface area contributed by atoms with Gasteiger partial charge in [-0.05, 0) is 18.2 Å². The smallest absolute Gasteiger partial charge is 0.277 e. The molecule has 0 N–H and O–H groups in total. The number of nitro benzene ring substituents is 1. The fourth-order valence-electron chi connectivity index (χ4n) is 3.65. The number of aromatic nitrogens is 2. The Bertz CT molecular complexity index is 1340. The average Bonchev–Trinajstić information content (AvgIpc) is 2.74. The predicted octanol–water partition coefficient (Wildman–Crippen LogP) is 3.68. The number of hydrogen-bond donors (Lipinski definition) is 0. The lowest BCUT2D eigenvalue weighted by Crippen LogP contribution is -2.17. The standard InChI is InChI=1S/C21H17N3O5/c1-23-11-9-14-17(21(23)25)20(29-3)18-16(19(14)28-2)13(8-10-22-18)12-6-4-5-7-15(12)24(26)27/h4-11H,1-3H3. The van der Waals surface area contributed by atoms with Gasteiger partial charge in [0.15, 0.2) is 5.75 Å². The van der Waals surface area contributed by atoms with E-state index >= 15 is 0 Å². The second-order valence-corrected chi connectivity index (χ2v) is 6.44. The van der Waals surface area contributed by atoms with Crippen molar-refractivity contribution in [1.29, 1.82) is 0 Å². The lowest BCUT2D eigenvalue weighted by molar-refractivity contribution is -0.384. The molecule has 8 heteroatoms. The maximum atomic E-state index is 12.8. The van der Waals surface area contributed by atoms with E-state index in [1.165, 1.54) is 31.0 Å². The highest BCUT2D eigenvalue weighted by Crippen LogP contribution is 2.45. The molecule has 0 saturated heterocycles. The molecule has 2 aromatic heterocycles. The summed E-state index contributed by atoms with van der Waals surface area (Å²) in [5.74, 6) is 0.715. The van der Waals surface area contributed by atoms with Crippen molar-refractivity contribution in [1.82, 2.24) is 9.55 Å². The summed E-state index contributed by atoms with van der Waals surface area (Å²) in [4.78, 5) is 28.4. The summed E-state index contributed by atoms with van der Waals surface area (Å²) in [6.45, 7) is 0. The Hall–Kier alpha value is -3.94. The van der Waals surface area contributed by atoms with Gasteiger partial charge in [0.1, 0.15) is 11.3 Å². The molecule has 0 amide bonds. The van der Waals surface area contributed by atoms with Crippen LogP contribution in [0.15, 0.2) is 53.6 Å². The minimum atomic E-state index is -0.428. The first-order valence-corrected chi connectivity index (χ1v) is 8.75. The lowest BCUT2D eigenvalue weighted by atomic mass is 9.96. The highest BCUT2D eigenvalue weighted by molar-refractivity contribution is 6.14. The van der Waals surface area contributed by atoms with Crippen LogP contribution in [0.1, 0.15) is 0 Å². The molecular formula is C21H17N3O5. The number of aryl methyl sites for hydroxylation is 1. The fraction of sp³-hybridized carbons (Fsp3) is 0.143. The molecule has 0 fully saturated rings. The number of ether oxygens (including phenoxy) is 2. The van der Waals surface area contributed by atoms with E-state index in [-0.39, 0.29) is 11.2 Å². The summed E-state index contributed by atoms with van der Waals surface area (Å²) >= 11 is 0. The van der Waals surface area contributed by atoms with E-state index in [0.29, 0.717) is 44.3 Å². The molecule has 4 rings (SSSR count). The van der Waals surface area contributed by atoms with Gasteiger partial charge >= 0.3 is 0 Å². The molecule has 2 heterocycles. The summed E-state index contributed by atoms with van der Waals surface area (Å²) in [5, 5.41) is 13.0. The van der Waals surface area contributed by atoms with E-state index in [9.17, 15) is 14.9 Å². The largest absolute Gasteiger partial charge is 0.495 e. The van der Waals surface area contributed by atoms with Gasteiger partial charge < -0.3 is 14.0 Å². The molecule has 0 unspecified atom stereocenters. The van der Waals surface area contributed by atoms with Gasteiger partial charge in [0.2, 0.25) is 0 Å². The molecule has 0 aliphatic carbocycles. The van der Waals surface area contributed by atoms with Crippen molar-refractivity contribution in [2.45, 2.75) is 0 Å². The molecule has 0 aliphatic heterocycles. The van der Waals surface area contributed by atoms with Crippen LogP contribution in [-0.4, -0.2) is 28.7 Å². The second kappa shape index (κ2) is 6.90. The van der Waals surface area contributed by atoms with Crippen LogP contribution in [-0.2, 0) is 7.05 Å². The summed E-state index contributed by atoms with van der Waals surface area (Å²) in [5.41, 5.74) is 1.10. The van der Waals surface area contributed by atoms with E-state index in [4.69, 9.17) is 9.47 Å². The minimum absolute atomic E-state index is 0.0370. The molecule has 2 aromatic carbocycles. The van der Waals surface area contributed by atoms with E-state index in [1.807, 2.05) is 0 Å².